The number of aryl methyl sites for hydroxylation is 1. The molecule has 0 unspecified atom stereocenters. The molecule has 2 aromatic rings. The zero-order chi connectivity index (χ0) is 15.2. The molecule has 0 aliphatic heterocycles. The molecule has 4 heteroatoms. The molecule has 0 fully saturated rings. The minimum absolute atomic E-state index is 0.694. The first-order valence-corrected chi connectivity index (χ1v) is 8.28. The van der Waals surface area contributed by atoms with E-state index in [1.807, 2.05) is 6.07 Å². The Labute approximate surface area is 131 Å². The summed E-state index contributed by atoms with van der Waals surface area (Å²) in [6, 6.07) is 6.21. The SMILES string of the molecule is COc1ccc(-c2csc(CCNCC(C)C)n2)cc1C. The third kappa shape index (κ3) is 4.55. The molecule has 0 spiro atoms. The van der Waals surface area contributed by atoms with Gasteiger partial charge in [-0.15, -0.1) is 11.3 Å². The van der Waals surface area contributed by atoms with E-state index in [0.717, 1.165) is 42.1 Å². The number of aromatic nitrogens is 1. The summed E-state index contributed by atoms with van der Waals surface area (Å²) < 4.78 is 5.30. The number of nitrogens with one attached hydrogen (secondary N) is 1. The van der Waals surface area contributed by atoms with Crippen LogP contribution in [-0.4, -0.2) is 25.2 Å². The predicted molar refractivity (Wildman–Crippen MR) is 90.3 cm³/mol. The van der Waals surface area contributed by atoms with Crippen molar-refractivity contribution in [1.82, 2.24) is 10.3 Å². The van der Waals surface area contributed by atoms with Crippen molar-refractivity contribution in [2.24, 2.45) is 5.92 Å². The lowest BCUT2D eigenvalue weighted by Gasteiger charge is -2.06. The number of ether oxygens (including phenoxy) is 1. The van der Waals surface area contributed by atoms with Gasteiger partial charge < -0.3 is 10.1 Å². The number of nitrogens with zero attached hydrogens (tertiary/aromatic N) is 1. The summed E-state index contributed by atoms with van der Waals surface area (Å²) >= 11 is 1.74. The van der Waals surface area contributed by atoms with Crippen molar-refractivity contribution in [1.29, 1.82) is 0 Å². The molecule has 3 nitrogen and oxygen atoms in total. The summed E-state index contributed by atoms with van der Waals surface area (Å²) in [6.45, 7) is 8.56. The average molecular weight is 304 g/mol. The maximum Gasteiger partial charge on any atom is 0.121 e. The highest BCUT2D eigenvalue weighted by molar-refractivity contribution is 7.09. The van der Waals surface area contributed by atoms with Gasteiger partial charge in [0.25, 0.3) is 0 Å². The van der Waals surface area contributed by atoms with E-state index < -0.39 is 0 Å². The van der Waals surface area contributed by atoms with Crippen molar-refractivity contribution in [2.45, 2.75) is 27.2 Å². The number of methoxy groups -OCH3 is 1. The maximum atomic E-state index is 5.30. The molecule has 0 atom stereocenters. The number of hydrogen-bond acceptors (Lipinski definition) is 4. The third-order valence-electron chi connectivity index (χ3n) is 3.31. The summed E-state index contributed by atoms with van der Waals surface area (Å²) in [6.07, 6.45) is 0.993. The predicted octanol–water partition coefficient (Wildman–Crippen LogP) is 3.92. The van der Waals surface area contributed by atoms with E-state index in [9.17, 15) is 0 Å². The second-order valence-electron chi connectivity index (χ2n) is 5.66. The minimum atomic E-state index is 0.694. The highest BCUT2D eigenvalue weighted by Gasteiger charge is 2.07. The van der Waals surface area contributed by atoms with Gasteiger partial charge >= 0.3 is 0 Å². The monoisotopic (exact) mass is 304 g/mol. The van der Waals surface area contributed by atoms with Crippen molar-refractivity contribution in [2.75, 3.05) is 20.2 Å². The highest BCUT2D eigenvalue weighted by atomic mass is 32.1. The third-order valence-corrected chi connectivity index (χ3v) is 4.22. The van der Waals surface area contributed by atoms with Crippen molar-refractivity contribution in [3.05, 3.63) is 34.2 Å². The molecule has 1 aromatic carbocycles. The Morgan fingerprint density at radius 3 is 2.81 bits per heavy atom. The van der Waals surface area contributed by atoms with Gasteiger partial charge in [-0.3, -0.25) is 0 Å². The highest BCUT2D eigenvalue weighted by Crippen LogP contribution is 2.27. The largest absolute Gasteiger partial charge is 0.496 e. The first-order valence-electron chi connectivity index (χ1n) is 7.40. The van der Waals surface area contributed by atoms with Gasteiger partial charge in [0.1, 0.15) is 5.75 Å². The minimum Gasteiger partial charge on any atom is -0.496 e. The zero-order valence-electron chi connectivity index (χ0n) is 13.3. The fraction of sp³-hybridized carbons (Fsp3) is 0.471. The molecule has 0 aliphatic rings. The number of hydrogen-bond donors (Lipinski definition) is 1. The van der Waals surface area contributed by atoms with E-state index in [0.29, 0.717) is 5.92 Å². The molecule has 0 saturated heterocycles. The van der Waals surface area contributed by atoms with E-state index in [1.54, 1.807) is 18.4 Å². The number of rotatable bonds is 7. The molecule has 0 saturated carbocycles. The molecule has 2 rings (SSSR count). The number of benzene rings is 1. The van der Waals surface area contributed by atoms with E-state index >= 15 is 0 Å². The smallest absolute Gasteiger partial charge is 0.121 e. The second kappa shape index (κ2) is 7.57. The van der Waals surface area contributed by atoms with Crippen molar-refractivity contribution >= 4 is 11.3 Å². The lowest BCUT2D eigenvalue weighted by Crippen LogP contribution is -2.22. The van der Waals surface area contributed by atoms with Crippen LogP contribution in [0.5, 0.6) is 5.75 Å². The van der Waals surface area contributed by atoms with Crippen LogP contribution in [0.2, 0.25) is 0 Å². The molecular weight excluding hydrogens is 280 g/mol. The lowest BCUT2D eigenvalue weighted by molar-refractivity contribution is 0.412. The van der Waals surface area contributed by atoms with Crippen LogP contribution < -0.4 is 10.1 Å². The first-order chi connectivity index (χ1) is 10.1. The molecule has 1 heterocycles. The molecular formula is C17H24N2OS. The van der Waals surface area contributed by atoms with Crippen LogP contribution in [0.25, 0.3) is 11.3 Å². The molecule has 0 aliphatic carbocycles. The van der Waals surface area contributed by atoms with E-state index in [4.69, 9.17) is 9.72 Å². The van der Waals surface area contributed by atoms with Crippen LogP contribution >= 0.6 is 11.3 Å². The van der Waals surface area contributed by atoms with Gasteiger partial charge in [-0.25, -0.2) is 4.98 Å². The Morgan fingerprint density at radius 1 is 1.33 bits per heavy atom. The van der Waals surface area contributed by atoms with Gasteiger partial charge in [-0.05, 0) is 43.1 Å². The second-order valence-corrected chi connectivity index (χ2v) is 6.60. The molecule has 0 amide bonds. The Morgan fingerprint density at radius 2 is 2.14 bits per heavy atom. The van der Waals surface area contributed by atoms with Crippen LogP contribution in [0.3, 0.4) is 0 Å². The van der Waals surface area contributed by atoms with Crippen LogP contribution in [-0.2, 0) is 6.42 Å². The Kier molecular flexibility index (Phi) is 5.76. The molecule has 114 valence electrons. The van der Waals surface area contributed by atoms with Crippen molar-refractivity contribution in [3.8, 4) is 17.0 Å². The van der Waals surface area contributed by atoms with E-state index in [1.165, 1.54) is 5.01 Å². The lowest BCUT2D eigenvalue weighted by atomic mass is 10.1. The van der Waals surface area contributed by atoms with Gasteiger partial charge in [0, 0.05) is 23.9 Å². The average Bonchev–Trinajstić information content (AvgIpc) is 2.92. The van der Waals surface area contributed by atoms with Crippen LogP contribution in [0, 0.1) is 12.8 Å². The summed E-state index contributed by atoms with van der Waals surface area (Å²) in [5, 5.41) is 6.78. The van der Waals surface area contributed by atoms with Gasteiger partial charge in [0.05, 0.1) is 17.8 Å². The fourth-order valence-electron chi connectivity index (χ4n) is 2.18. The normalized spacial score (nSPS) is 11.1. The van der Waals surface area contributed by atoms with E-state index in [-0.39, 0.29) is 0 Å². The van der Waals surface area contributed by atoms with Gasteiger partial charge in [0.15, 0.2) is 0 Å². The summed E-state index contributed by atoms with van der Waals surface area (Å²) in [4.78, 5) is 4.73. The topological polar surface area (TPSA) is 34.1 Å². The maximum absolute atomic E-state index is 5.30. The standard InChI is InChI=1S/C17H24N2OS/c1-12(2)10-18-8-7-17-19-15(11-21-17)14-5-6-16(20-4)13(3)9-14/h5-6,9,11-12,18H,7-8,10H2,1-4H3. The van der Waals surface area contributed by atoms with Gasteiger partial charge in [-0.1, -0.05) is 13.8 Å². The molecule has 0 radical (unpaired) electrons. The summed E-state index contributed by atoms with van der Waals surface area (Å²) in [5.74, 6) is 1.62. The Balaban J connectivity index is 1.97. The molecule has 1 N–H and O–H groups in total. The summed E-state index contributed by atoms with van der Waals surface area (Å²) in [7, 11) is 1.70. The summed E-state index contributed by atoms with van der Waals surface area (Å²) in [5.41, 5.74) is 3.36. The Bertz CT molecular complexity index is 578. The van der Waals surface area contributed by atoms with Gasteiger partial charge in [-0.2, -0.15) is 0 Å². The molecule has 1 aromatic heterocycles. The quantitative estimate of drug-likeness (QED) is 0.787. The van der Waals surface area contributed by atoms with Crippen molar-refractivity contribution in [3.63, 3.8) is 0 Å². The van der Waals surface area contributed by atoms with Crippen LogP contribution in [0.15, 0.2) is 23.6 Å². The first kappa shape index (κ1) is 16.0. The van der Waals surface area contributed by atoms with Gasteiger partial charge in [0.2, 0.25) is 0 Å². The van der Waals surface area contributed by atoms with E-state index in [2.05, 4.69) is 43.6 Å². The number of thiazole rings is 1. The zero-order valence-corrected chi connectivity index (χ0v) is 14.1. The molecule has 0 bridgehead atoms. The fourth-order valence-corrected chi connectivity index (χ4v) is 2.99. The molecule has 21 heavy (non-hydrogen) atoms. The van der Waals surface area contributed by atoms with Crippen molar-refractivity contribution < 1.29 is 4.74 Å². The van der Waals surface area contributed by atoms with Crippen LogP contribution in [0.1, 0.15) is 24.4 Å². The van der Waals surface area contributed by atoms with Crippen LogP contribution in [0.4, 0.5) is 0 Å². The Hall–Kier alpha value is -1.39.